The van der Waals surface area contributed by atoms with E-state index in [1.807, 2.05) is 12.1 Å². The second-order valence-electron chi connectivity index (χ2n) is 5.02. The van der Waals surface area contributed by atoms with Gasteiger partial charge in [0.25, 0.3) is 0 Å². The molecule has 0 radical (unpaired) electrons. The molecule has 1 aromatic heterocycles. The van der Waals surface area contributed by atoms with Crippen LogP contribution in [0.4, 0.5) is 0 Å². The predicted octanol–water partition coefficient (Wildman–Crippen LogP) is 4.40. The number of hydrogen-bond donors (Lipinski definition) is 0. The van der Waals surface area contributed by atoms with Gasteiger partial charge in [0.15, 0.2) is 6.23 Å². The molecule has 0 fully saturated rings. The molecule has 0 N–H and O–H groups in total. The average Bonchev–Trinajstić information content (AvgIpc) is 3.08. The van der Waals surface area contributed by atoms with Crippen molar-refractivity contribution in [3.8, 4) is 5.75 Å². The Bertz CT molecular complexity index is 683. The van der Waals surface area contributed by atoms with Gasteiger partial charge in [0.1, 0.15) is 5.75 Å². The van der Waals surface area contributed by atoms with Gasteiger partial charge in [-0.3, -0.25) is 5.01 Å². The maximum atomic E-state index is 5.97. The summed E-state index contributed by atoms with van der Waals surface area (Å²) >= 11 is 5.29. The number of rotatable bonds is 1. The zero-order chi connectivity index (χ0) is 13.7. The molecule has 0 unspecified atom stereocenters. The maximum absolute atomic E-state index is 5.97. The van der Waals surface area contributed by atoms with Crippen LogP contribution in [-0.4, -0.2) is 16.9 Å². The molecule has 0 bridgehead atoms. The van der Waals surface area contributed by atoms with Crippen LogP contribution < -0.4 is 4.74 Å². The van der Waals surface area contributed by atoms with Crippen LogP contribution in [-0.2, 0) is 0 Å². The molecule has 3 heterocycles. The lowest BCUT2D eigenvalue weighted by molar-refractivity contribution is -0.00339. The minimum atomic E-state index is -0.0221. The van der Waals surface area contributed by atoms with E-state index in [1.54, 1.807) is 11.3 Å². The van der Waals surface area contributed by atoms with Crippen molar-refractivity contribution in [2.75, 3.05) is 0 Å². The highest BCUT2D eigenvalue weighted by Gasteiger charge is 2.38. The Morgan fingerprint density at radius 2 is 2.30 bits per heavy atom. The molecule has 2 aliphatic heterocycles. The molecular formula is C15H13BrN2OS. The number of hydrogen-bond acceptors (Lipinski definition) is 4. The fraction of sp³-hybridized carbons (Fsp3) is 0.267. The number of hydrazone groups is 1. The Hall–Kier alpha value is -1.33. The monoisotopic (exact) mass is 348 g/mol. The predicted molar refractivity (Wildman–Crippen MR) is 84.3 cm³/mol. The van der Waals surface area contributed by atoms with Crippen molar-refractivity contribution >= 4 is 33.0 Å². The Morgan fingerprint density at radius 3 is 3.10 bits per heavy atom. The van der Waals surface area contributed by atoms with Gasteiger partial charge in [-0.1, -0.05) is 22.0 Å². The van der Waals surface area contributed by atoms with Crippen LogP contribution >= 0.6 is 27.3 Å². The molecule has 20 heavy (non-hydrogen) atoms. The van der Waals surface area contributed by atoms with Gasteiger partial charge in [-0.05, 0) is 36.6 Å². The molecule has 3 nitrogen and oxygen atoms in total. The maximum Gasteiger partial charge on any atom is 0.185 e. The van der Waals surface area contributed by atoms with Crippen LogP contribution in [0.25, 0.3) is 0 Å². The summed E-state index contributed by atoms with van der Waals surface area (Å²) in [6, 6.07) is 10.7. The van der Waals surface area contributed by atoms with Gasteiger partial charge in [-0.2, -0.15) is 5.10 Å². The smallest absolute Gasteiger partial charge is 0.185 e. The molecule has 0 spiro atoms. The fourth-order valence-electron chi connectivity index (χ4n) is 2.83. The number of benzene rings is 1. The second-order valence-corrected chi connectivity index (χ2v) is 6.89. The first-order valence-corrected chi connectivity index (χ1v) is 8.25. The largest absolute Gasteiger partial charge is 0.469 e. The van der Waals surface area contributed by atoms with Crippen molar-refractivity contribution in [2.45, 2.75) is 25.6 Å². The van der Waals surface area contributed by atoms with Gasteiger partial charge in [-0.25, -0.2) is 0 Å². The molecule has 0 saturated heterocycles. The summed E-state index contributed by atoms with van der Waals surface area (Å²) in [5, 5.41) is 8.97. The van der Waals surface area contributed by atoms with E-state index < -0.39 is 0 Å². The topological polar surface area (TPSA) is 24.8 Å². The molecule has 4 rings (SSSR count). The highest BCUT2D eigenvalue weighted by Crippen LogP contribution is 2.44. The van der Waals surface area contributed by atoms with Crippen LogP contribution in [0, 0.1) is 0 Å². The molecule has 5 heteroatoms. The van der Waals surface area contributed by atoms with Crippen LogP contribution in [0.3, 0.4) is 0 Å². The first-order chi connectivity index (χ1) is 9.72. The molecule has 2 atom stereocenters. The average molecular weight is 349 g/mol. The summed E-state index contributed by atoms with van der Waals surface area (Å²) < 4.78 is 7.05. The Kier molecular flexibility index (Phi) is 2.86. The summed E-state index contributed by atoms with van der Waals surface area (Å²) in [6.07, 6.45) is 0.920. The molecule has 2 aliphatic rings. The lowest BCUT2D eigenvalue weighted by Crippen LogP contribution is -2.37. The van der Waals surface area contributed by atoms with Crippen LogP contribution in [0.5, 0.6) is 5.75 Å². The lowest BCUT2D eigenvalue weighted by atomic mass is 9.99. The van der Waals surface area contributed by atoms with E-state index in [0.717, 1.165) is 22.4 Å². The second kappa shape index (κ2) is 4.60. The molecule has 2 aromatic rings. The minimum absolute atomic E-state index is 0.0221. The highest BCUT2D eigenvalue weighted by atomic mass is 79.9. The fourth-order valence-corrected chi connectivity index (χ4v) is 3.93. The third kappa shape index (κ3) is 1.88. The normalized spacial score (nSPS) is 23.9. The molecule has 1 aromatic carbocycles. The van der Waals surface area contributed by atoms with Gasteiger partial charge in [0.2, 0.25) is 0 Å². The summed E-state index contributed by atoms with van der Waals surface area (Å²) in [6.45, 7) is 2.05. The number of fused-ring (bicyclic) bond motifs is 3. The standard InChI is InChI=1S/C15H13BrN2OS/c1-9-18-13(8-12(17-18)15-3-2-6-20-15)11-7-10(16)4-5-14(11)19-9/h2-7,9,13H,8H2,1H3/t9-,13-/m1/s1. The van der Waals surface area contributed by atoms with Gasteiger partial charge < -0.3 is 4.74 Å². The molecular weight excluding hydrogens is 336 g/mol. The summed E-state index contributed by atoms with van der Waals surface area (Å²) in [7, 11) is 0. The van der Waals surface area contributed by atoms with E-state index in [1.165, 1.54) is 10.4 Å². The van der Waals surface area contributed by atoms with E-state index in [0.29, 0.717) is 0 Å². The van der Waals surface area contributed by atoms with Gasteiger partial charge in [0, 0.05) is 16.5 Å². The quantitative estimate of drug-likeness (QED) is 0.762. The molecule has 0 amide bonds. The zero-order valence-corrected chi connectivity index (χ0v) is 13.3. The van der Waals surface area contributed by atoms with Crippen molar-refractivity contribution in [2.24, 2.45) is 5.10 Å². The Morgan fingerprint density at radius 1 is 1.40 bits per heavy atom. The van der Waals surface area contributed by atoms with E-state index in [4.69, 9.17) is 9.84 Å². The van der Waals surface area contributed by atoms with Crippen molar-refractivity contribution in [1.82, 2.24) is 5.01 Å². The van der Waals surface area contributed by atoms with Gasteiger partial charge >= 0.3 is 0 Å². The number of ether oxygens (including phenoxy) is 1. The summed E-state index contributed by atoms with van der Waals surface area (Å²) in [4.78, 5) is 1.25. The van der Waals surface area contributed by atoms with Crippen molar-refractivity contribution in [3.63, 3.8) is 0 Å². The Balaban J connectivity index is 1.76. The molecule has 0 aliphatic carbocycles. The zero-order valence-electron chi connectivity index (χ0n) is 10.9. The van der Waals surface area contributed by atoms with E-state index in [-0.39, 0.29) is 12.3 Å². The first-order valence-electron chi connectivity index (χ1n) is 6.58. The highest BCUT2D eigenvalue weighted by molar-refractivity contribution is 9.10. The lowest BCUT2D eigenvalue weighted by Gasteiger charge is -2.36. The van der Waals surface area contributed by atoms with Crippen LogP contribution in [0.1, 0.15) is 29.8 Å². The van der Waals surface area contributed by atoms with E-state index in [9.17, 15) is 0 Å². The van der Waals surface area contributed by atoms with Crippen LogP contribution in [0.2, 0.25) is 0 Å². The third-order valence-corrected chi connectivity index (χ3v) is 5.16. The summed E-state index contributed by atoms with van der Waals surface area (Å²) in [5.74, 6) is 0.976. The van der Waals surface area contributed by atoms with Gasteiger partial charge in [-0.15, -0.1) is 11.3 Å². The van der Waals surface area contributed by atoms with E-state index in [2.05, 4.69) is 51.4 Å². The first kappa shape index (κ1) is 12.4. The number of nitrogens with zero attached hydrogens (tertiary/aromatic N) is 2. The van der Waals surface area contributed by atoms with Crippen molar-refractivity contribution in [1.29, 1.82) is 0 Å². The SMILES string of the molecule is C[C@H]1Oc2ccc(Br)cc2[C@H]2CC(c3cccs3)=NN21. The molecule has 102 valence electrons. The van der Waals surface area contributed by atoms with Crippen LogP contribution in [0.15, 0.2) is 45.3 Å². The van der Waals surface area contributed by atoms with E-state index >= 15 is 0 Å². The number of halogens is 1. The number of thiophene rings is 1. The minimum Gasteiger partial charge on any atom is -0.469 e. The third-order valence-electron chi connectivity index (χ3n) is 3.75. The summed E-state index contributed by atoms with van der Waals surface area (Å²) in [5.41, 5.74) is 2.38. The molecule has 0 saturated carbocycles. The van der Waals surface area contributed by atoms with Gasteiger partial charge in [0.05, 0.1) is 16.6 Å². The van der Waals surface area contributed by atoms with Crippen molar-refractivity contribution < 1.29 is 4.74 Å². The van der Waals surface area contributed by atoms with Crippen molar-refractivity contribution in [3.05, 3.63) is 50.6 Å². The Labute approximate surface area is 130 Å².